The van der Waals surface area contributed by atoms with E-state index in [2.05, 4.69) is 20.8 Å². The fourth-order valence-electron chi connectivity index (χ4n) is 3.85. The molecule has 1 heterocycles. The molecule has 0 saturated heterocycles. The molecule has 2 amide bonds. The summed E-state index contributed by atoms with van der Waals surface area (Å²) in [7, 11) is 0. The number of carbonyl (C=O) groups is 3. The second-order valence-electron chi connectivity index (χ2n) is 8.67. The first kappa shape index (κ1) is 22.5. The summed E-state index contributed by atoms with van der Waals surface area (Å²) in [5.41, 5.74) is 1.91. The number of aryl methyl sites for hydroxylation is 1. The predicted molar refractivity (Wildman–Crippen MR) is 117 cm³/mol. The fourth-order valence-corrected chi connectivity index (χ4v) is 3.85. The molecule has 0 aliphatic heterocycles. The van der Waals surface area contributed by atoms with E-state index in [4.69, 9.17) is 0 Å². The summed E-state index contributed by atoms with van der Waals surface area (Å²) in [4.78, 5) is 36.0. The largest absolute Gasteiger partial charge is 0.480 e. The van der Waals surface area contributed by atoms with E-state index in [-0.39, 0.29) is 17.7 Å². The molecule has 8 heteroatoms. The summed E-state index contributed by atoms with van der Waals surface area (Å²) in [6.07, 6.45) is 3.95. The number of aromatic amines is 1. The average molecular weight is 427 g/mol. The molecule has 0 radical (unpaired) electrons. The Morgan fingerprint density at radius 1 is 1.13 bits per heavy atom. The molecule has 8 nitrogen and oxygen atoms in total. The predicted octanol–water partition coefficient (Wildman–Crippen LogP) is 3.48. The number of nitrogens with zero attached hydrogens (tertiary/aromatic N) is 1. The summed E-state index contributed by atoms with van der Waals surface area (Å²) in [6.45, 7) is 4.97. The number of hydrogen-bond acceptors (Lipinski definition) is 4. The Labute approximate surface area is 181 Å². The zero-order valence-corrected chi connectivity index (χ0v) is 18.2. The van der Waals surface area contributed by atoms with Crippen molar-refractivity contribution in [3.8, 4) is 0 Å². The van der Waals surface area contributed by atoms with Gasteiger partial charge >= 0.3 is 5.97 Å². The Morgan fingerprint density at radius 2 is 1.77 bits per heavy atom. The maximum Gasteiger partial charge on any atom is 0.328 e. The van der Waals surface area contributed by atoms with Gasteiger partial charge in [-0.2, -0.15) is 5.10 Å². The number of aliphatic carboxylic acids is 1. The topological polar surface area (TPSA) is 124 Å². The Balaban J connectivity index is 1.52. The molecular formula is C23H30N4O4. The molecule has 0 unspecified atom stereocenters. The van der Waals surface area contributed by atoms with Crippen LogP contribution < -0.4 is 10.6 Å². The molecule has 1 aromatic carbocycles. The second-order valence-corrected chi connectivity index (χ2v) is 8.67. The maximum atomic E-state index is 12.4. The second kappa shape index (κ2) is 9.32. The van der Waals surface area contributed by atoms with Crippen LogP contribution in [0.15, 0.2) is 30.3 Å². The van der Waals surface area contributed by atoms with Crippen LogP contribution in [0.1, 0.15) is 74.1 Å². The van der Waals surface area contributed by atoms with Crippen molar-refractivity contribution in [2.75, 3.05) is 5.32 Å². The van der Waals surface area contributed by atoms with E-state index in [0.717, 1.165) is 37.8 Å². The molecule has 1 saturated carbocycles. The van der Waals surface area contributed by atoms with Crippen LogP contribution in [0.2, 0.25) is 0 Å². The van der Waals surface area contributed by atoms with Crippen molar-refractivity contribution in [2.24, 2.45) is 5.92 Å². The standard InChI is InChI=1S/C23H30N4O4/c1-4-17-13-19(27-26-17)21(29)24-18-11-9-15(10-12-18)14-5-7-16(8-6-14)20(28)25-23(2,3)22(30)31/h9-14,16H,4-8H2,1-3H3,(H,24,29)(H,25,28)(H,26,27)(H,30,31). The number of aromatic nitrogens is 2. The summed E-state index contributed by atoms with van der Waals surface area (Å²) in [6, 6.07) is 9.55. The third-order valence-corrected chi connectivity index (χ3v) is 5.95. The van der Waals surface area contributed by atoms with E-state index in [1.54, 1.807) is 6.07 Å². The molecular weight excluding hydrogens is 396 g/mol. The number of amides is 2. The van der Waals surface area contributed by atoms with Gasteiger partial charge in [-0.05, 0) is 75.6 Å². The van der Waals surface area contributed by atoms with Crippen LogP contribution >= 0.6 is 0 Å². The van der Waals surface area contributed by atoms with Crippen LogP contribution in [-0.2, 0) is 16.0 Å². The fraction of sp³-hybridized carbons (Fsp3) is 0.478. The molecule has 4 N–H and O–H groups in total. The monoisotopic (exact) mass is 426 g/mol. The summed E-state index contributed by atoms with van der Waals surface area (Å²) >= 11 is 0. The van der Waals surface area contributed by atoms with Crippen molar-refractivity contribution >= 4 is 23.5 Å². The van der Waals surface area contributed by atoms with Crippen LogP contribution in [0.4, 0.5) is 5.69 Å². The summed E-state index contributed by atoms with van der Waals surface area (Å²) < 4.78 is 0. The van der Waals surface area contributed by atoms with Gasteiger partial charge in [0.15, 0.2) is 0 Å². The quantitative estimate of drug-likeness (QED) is 0.540. The summed E-state index contributed by atoms with van der Waals surface area (Å²) in [5, 5.41) is 21.5. The molecule has 31 heavy (non-hydrogen) atoms. The third kappa shape index (κ3) is 5.51. The highest BCUT2D eigenvalue weighted by molar-refractivity contribution is 6.02. The Bertz CT molecular complexity index is 941. The van der Waals surface area contributed by atoms with Crippen molar-refractivity contribution in [1.29, 1.82) is 0 Å². The highest BCUT2D eigenvalue weighted by Gasteiger charge is 2.33. The third-order valence-electron chi connectivity index (χ3n) is 5.95. The number of carbonyl (C=O) groups excluding carboxylic acids is 2. The minimum atomic E-state index is -1.26. The number of carboxylic acid groups (broad SMARTS) is 1. The number of anilines is 1. The molecule has 3 rings (SSSR count). The van der Waals surface area contributed by atoms with E-state index < -0.39 is 11.5 Å². The normalized spacial score (nSPS) is 18.9. The average Bonchev–Trinajstić information content (AvgIpc) is 3.23. The van der Waals surface area contributed by atoms with Crippen LogP contribution in [0, 0.1) is 5.92 Å². The molecule has 0 spiro atoms. The number of H-pyrrole nitrogens is 1. The van der Waals surface area contributed by atoms with Gasteiger partial charge in [0.1, 0.15) is 11.2 Å². The Kier molecular flexibility index (Phi) is 6.77. The van der Waals surface area contributed by atoms with Gasteiger partial charge in [-0.25, -0.2) is 4.79 Å². The van der Waals surface area contributed by atoms with Gasteiger partial charge in [-0.3, -0.25) is 14.7 Å². The lowest BCUT2D eigenvalue weighted by Crippen LogP contribution is -2.51. The number of hydrogen-bond donors (Lipinski definition) is 4. The first-order chi connectivity index (χ1) is 14.7. The van der Waals surface area contributed by atoms with Crippen molar-refractivity contribution in [3.63, 3.8) is 0 Å². The van der Waals surface area contributed by atoms with Crippen molar-refractivity contribution in [1.82, 2.24) is 15.5 Å². The van der Waals surface area contributed by atoms with Crippen LogP contribution in [-0.4, -0.2) is 38.6 Å². The summed E-state index contributed by atoms with van der Waals surface area (Å²) in [5.74, 6) is -1.26. The minimum absolute atomic E-state index is 0.157. The molecule has 1 fully saturated rings. The van der Waals surface area contributed by atoms with E-state index in [0.29, 0.717) is 17.3 Å². The Morgan fingerprint density at radius 3 is 2.32 bits per heavy atom. The van der Waals surface area contributed by atoms with Crippen molar-refractivity contribution in [3.05, 3.63) is 47.3 Å². The number of rotatable bonds is 7. The lowest BCUT2D eigenvalue weighted by atomic mass is 9.78. The first-order valence-electron chi connectivity index (χ1n) is 10.7. The van der Waals surface area contributed by atoms with Gasteiger partial charge in [0.05, 0.1) is 5.69 Å². The van der Waals surface area contributed by atoms with Gasteiger partial charge in [-0.1, -0.05) is 19.1 Å². The Hall–Kier alpha value is -3.16. The first-order valence-corrected chi connectivity index (χ1v) is 10.7. The maximum absolute atomic E-state index is 12.4. The lowest BCUT2D eigenvalue weighted by molar-refractivity contribution is -0.146. The van der Waals surface area contributed by atoms with Crippen molar-refractivity contribution < 1.29 is 19.5 Å². The SMILES string of the molecule is CCc1cc(C(=O)Nc2ccc(C3CCC(C(=O)NC(C)(C)C(=O)O)CC3)cc2)[nH]n1. The van der Waals surface area contributed by atoms with Gasteiger partial charge in [0, 0.05) is 11.6 Å². The molecule has 0 atom stereocenters. The molecule has 166 valence electrons. The molecule has 0 bridgehead atoms. The number of benzene rings is 1. The molecule has 1 aliphatic rings. The van der Waals surface area contributed by atoms with Crippen LogP contribution in [0.3, 0.4) is 0 Å². The highest BCUT2D eigenvalue weighted by atomic mass is 16.4. The van der Waals surface area contributed by atoms with E-state index in [9.17, 15) is 19.5 Å². The molecule has 1 aliphatic carbocycles. The van der Waals surface area contributed by atoms with E-state index in [1.165, 1.54) is 19.4 Å². The van der Waals surface area contributed by atoms with Gasteiger partial charge in [0.25, 0.3) is 5.91 Å². The van der Waals surface area contributed by atoms with Gasteiger partial charge in [-0.15, -0.1) is 0 Å². The number of nitrogens with one attached hydrogen (secondary N) is 3. The zero-order chi connectivity index (χ0) is 22.6. The molecule has 2 aromatic rings. The van der Waals surface area contributed by atoms with Crippen LogP contribution in [0.25, 0.3) is 0 Å². The van der Waals surface area contributed by atoms with Crippen molar-refractivity contribution in [2.45, 2.75) is 64.3 Å². The van der Waals surface area contributed by atoms with E-state index >= 15 is 0 Å². The minimum Gasteiger partial charge on any atom is -0.480 e. The van der Waals surface area contributed by atoms with Gasteiger partial charge in [0.2, 0.25) is 5.91 Å². The zero-order valence-electron chi connectivity index (χ0n) is 18.2. The lowest BCUT2D eigenvalue weighted by Gasteiger charge is -2.30. The molecule has 1 aromatic heterocycles. The number of carboxylic acids is 1. The van der Waals surface area contributed by atoms with Crippen LogP contribution in [0.5, 0.6) is 0 Å². The van der Waals surface area contributed by atoms with E-state index in [1.807, 2.05) is 31.2 Å². The highest BCUT2D eigenvalue weighted by Crippen LogP contribution is 2.36. The van der Waals surface area contributed by atoms with Gasteiger partial charge < -0.3 is 15.7 Å². The smallest absolute Gasteiger partial charge is 0.328 e.